The predicted octanol–water partition coefficient (Wildman–Crippen LogP) is 5.50. The van der Waals surface area contributed by atoms with Crippen LogP contribution in [0.15, 0.2) is 76.7 Å². The van der Waals surface area contributed by atoms with Gasteiger partial charge in [0.15, 0.2) is 11.5 Å². The van der Waals surface area contributed by atoms with Crippen molar-refractivity contribution >= 4 is 38.9 Å². The fourth-order valence-electron chi connectivity index (χ4n) is 3.56. The molecule has 0 heterocycles. The number of anilines is 1. The highest BCUT2D eigenvalue weighted by atomic mass is 35.5. The lowest BCUT2D eigenvalue weighted by Crippen LogP contribution is -2.40. The Labute approximate surface area is 229 Å². The lowest BCUT2D eigenvalue weighted by molar-refractivity contribution is -0.137. The van der Waals surface area contributed by atoms with Crippen molar-refractivity contribution in [1.82, 2.24) is 5.43 Å². The topological polar surface area (TPSA) is 97.3 Å². The Kier molecular flexibility index (Phi) is 9.46. The van der Waals surface area contributed by atoms with Gasteiger partial charge in [-0.05, 0) is 55.0 Å². The first kappa shape index (κ1) is 29.8. The number of amides is 1. The molecule has 3 rings (SSSR count). The summed E-state index contributed by atoms with van der Waals surface area (Å²) in [4.78, 5) is 12.7. The molecular weight excluding hydrogens is 559 g/mol. The van der Waals surface area contributed by atoms with E-state index in [4.69, 9.17) is 21.1 Å². The third-order valence-electron chi connectivity index (χ3n) is 5.53. The minimum Gasteiger partial charge on any atom is -0.493 e. The number of methoxy groups -OCH3 is 2. The average molecular weight is 584 g/mol. The van der Waals surface area contributed by atoms with Crippen molar-refractivity contribution in [3.63, 3.8) is 0 Å². The van der Waals surface area contributed by atoms with E-state index in [0.717, 1.165) is 12.1 Å². The van der Waals surface area contributed by atoms with Crippen molar-refractivity contribution in [1.29, 1.82) is 0 Å². The van der Waals surface area contributed by atoms with Crippen LogP contribution >= 0.6 is 11.6 Å². The number of halogens is 4. The van der Waals surface area contributed by atoms with E-state index in [2.05, 4.69) is 10.5 Å². The number of benzene rings is 3. The van der Waals surface area contributed by atoms with E-state index in [0.29, 0.717) is 39.6 Å². The summed E-state index contributed by atoms with van der Waals surface area (Å²) in [5.74, 6) is 0.0108. The van der Waals surface area contributed by atoms with Gasteiger partial charge >= 0.3 is 6.18 Å². The number of hydrazone groups is 1. The molecule has 0 bridgehead atoms. The summed E-state index contributed by atoms with van der Waals surface area (Å²) in [7, 11) is -1.56. The normalized spacial score (nSPS) is 12.1. The maximum atomic E-state index is 13.5. The molecule has 208 valence electrons. The molecule has 1 amide bonds. The minimum atomic E-state index is -4.77. The molecule has 0 aromatic heterocycles. The molecule has 8 nitrogen and oxygen atoms in total. The number of alkyl halides is 3. The Balaban J connectivity index is 1.99. The van der Waals surface area contributed by atoms with E-state index >= 15 is 0 Å². The number of carbonyl (C=O) groups excluding carboxylic acids is 1. The number of nitrogens with one attached hydrogen (secondary N) is 1. The number of sulfonamides is 1. The fraction of sp³-hybridized carbons (Fsp3) is 0.231. The zero-order chi connectivity index (χ0) is 28.8. The molecule has 1 N–H and O–H groups in total. The van der Waals surface area contributed by atoms with Gasteiger partial charge in [-0.1, -0.05) is 36.7 Å². The van der Waals surface area contributed by atoms with Crippen molar-refractivity contribution in [3.05, 3.63) is 82.9 Å². The molecular formula is C26H25ClF3N3O5S. The molecule has 0 fully saturated rings. The molecule has 0 saturated heterocycles. The highest BCUT2D eigenvalue weighted by Crippen LogP contribution is 2.37. The van der Waals surface area contributed by atoms with Crippen LogP contribution in [0.4, 0.5) is 18.9 Å². The minimum absolute atomic E-state index is 0.241. The summed E-state index contributed by atoms with van der Waals surface area (Å²) in [6, 6.07) is 14.2. The number of rotatable bonds is 10. The summed E-state index contributed by atoms with van der Waals surface area (Å²) >= 11 is 6.15. The van der Waals surface area contributed by atoms with Crippen LogP contribution in [0, 0.1) is 0 Å². The van der Waals surface area contributed by atoms with Crippen molar-refractivity contribution in [2.75, 3.05) is 25.1 Å². The standard InChI is InChI=1S/C26H25ClF3N3O5S/c1-4-21(17-10-13-23(37-2)24(14-17)38-3)31-32-25(34)16-33(39(35,36)19-8-6-5-7-9-19)22-15-18(26(28,29)30)11-12-20(22)27/h5-15H,4,16H2,1-3H3,(H,32,34)/b31-21-. The lowest BCUT2D eigenvalue weighted by atomic mass is 10.1. The van der Waals surface area contributed by atoms with E-state index in [9.17, 15) is 26.4 Å². The van der Waals surface area contributed by atoms with Crippen molar-refractivity contribution < 1.29 is 35.9 Å². The monoisotopic (exact) mass is 583 g/mol. The van der Waals surface area contributed by atoms with Gasteiger partial charge in [0.2, 0.25) is 0 Å². The number of ether oxygens (including phenoxy) is 2. The molecule has 0 aliphatic carbocycles. The predicted molar refractivity (Wildman–Crippen MR) is 142 cm³/mol. The van der Waals surface area contributed by atoms with Gasteiger partial charge < -0.3 is 9.47 Å². The van der Waals surface area contributed by atoms with Gasteiger partial charge in [0.05, 0.1) is 41.1 Å². The van der Waals surface area contributed by atoms with Crippen molar-refractivity contribution in [2.24, 2.45) is 5.10 Å². The van der Waals surface area contributed by atoms with Crippen LogP contribution < -0.4 is 19.2 Å². The highest BCUT2D eigenvalue weighted by Gasteiger charge is 2.34. The van der Waals surface area contributed by atoms with E-state index < -0.39 is 39.9 Å². The largest absolute Gasteiger partial charge is 0.493 e. The maximum absolute atomic E-state index is 13.5. The Morgan fingerprint density at radius 2 is 1.67 bits per heavy atom. The second kappa shape index (κ2) is 12.4. The molecule has 0 radical (unpaired) electrons. The molecule has 0 saturated carbocycles. The molecule has 0 aliphatic rings. The number of hydrogen-bond acceptors (Lipinski definition) is 6. The van der Waals surface area contributed by atoms with E-state index in [1.165, 1.54) is 38.5 Å². The van der Waals surface area contributed by atoms with Crippen LogP contribution in [0.2, 0.25) is 5.02 Å². The lowest BCUT2D eigenvalue weighted by Gasteiger charge is -2.25. The zero-order valence-electron chi connectivity index (χ0n) is 21.1. The first-order chi connectivity index (χ1) is 18.4. The van der Waals surface area contributed by atoms with E-state index in [1.54, 1.807) is 31.2 Å². The molecule has 3 aromatic rings. The average Bonchev–Trinajstić information content (AvgIpc) is 2.92. The maximum Gasteiger partial charge on any atom is 0.416 e. The molecule has 0 spiro atoms. The number of hydrogen-bond donors (Lipinski definition) is 1. The second-order valence-corrected chi connectivity index (χ2v) is 10.3. The highest BCUT2D eigenvalue weighted by molar-refractivity contribution is 7.92. The quantitative estimate of drug-likeness (QED) is 0.251. The molecule has 39 heavy (non-hydrogen) atoms. The van der Waals surface area contributed by atoms with Gasteiger partial charge in [0, 0.05) is 5.56 Å². The van der Waals surface area contributed by atoms with Crippen LogP contribution in [-0.4, -0.2) is 40.8 Å². The molecule has 3 aromatic carbocycles. The third kappa shape index (κ3) is 7.01. The molecule has 0 aliphatic heterocycles. The number of nitrogens with zero attached hydrogens (tertiary/aromatic N) is 2. The summed E-state index contributed by atoms with van der Waals surface area (Å²) in [5.41, 5.74) is 1.68. The molecule has 0 atom stereocenters. The summed E-state index contributed by atoms with van der Waals surface area (Å²) in [5, 5.41) is 3.82. The summed E-state index contributed by atoms with van der Waals surface area (Å²) in [6.07, 6.45) is -4.40. The Bertz CT molecular complexity index is 1470. The van der Waals surface area contributed by atoms with Gasteiger partial charge in [0.1, 0.15) is 6.54 Å². The fourth-order valence-corrected chi connectivity index (χ4v) is 5.28. The van der Waals surface area contributed by atoms with Gasteiger partial charge in [0.25, 0.3) is 15.9 Å². The van der Waals surface area contributed by atoms with Crippen molar-refractivity contribution in [3.8, 4) is 11.5 Å². The van der Waals surface area contributed by atoms with Crippen LogP contribution in [0.5, 0.6) is 11.5 Å². The van der Waals surface area contributed by atoms with Gasteiger partial charge in [-0.15, -0.1) is 0 Å². The first-order valence-corrected chi connectivity index (χ1v) is 13.3. The molecule has 13 heteroatoms. The zero-order valence-corrected chi connectivity index (χ0v) is 22.7. The Morgan fingerprint density at radius 1 is 1.00 bits per heavy atom. The van der Waals surface area contributed by atoms with Gasteiger partial charge in [-0.3, -0.25) is 9.10 Å². The number of carbonyl (C=O) groups is 1. The van der Waals surface area contributed by atoms with Crippen LogP contribution in [0.1, 0.15) is 24.5 Å². The molecule has 0 unspecified atom stereocenters. The van der Waals surface area contributed by atoms with Crippen LogP contribution in [-0.2, 0) is 21.0 Å². The van der Waals surface area contributed by atoms with E-state index in [-0.39, 0.29) is 9.92 Å². The smallest absolute Gasteiger partial charge is 0.416 e. The third-order valence-corrected chi connectivity index (χ3v) is 7.62. The summed E-state index contributed by atoms with van der Waals surface area (Å²) < 4.78 is 78.3. The second-order valence-electron chi connectivity index (χ2n) is 8.01. The van der Waals surface area contributed by atoms with E-state index in [1.807, 2.05) is 0 Å². The summed E-state index contributed by atoms with van der Waals surface area (Å²) in [6.45, 7) is 0.890. The Hall–Kier alpha value is -3.77. The SMILES string of the molecule is CC/C(=N/NC(=O)CN(c1cc(C(F)(F)F)ccc1Cl)S(=O)(=O)c1ccccc1)c1ccc(OC)c(OC)c1. The first-order valence-electron chi connectivity index (χ1n) is 11.4. The van der Waals surface area contributed by atoms with Crippen LogP contribution in [0.3, 0.4) is 0 Å². The van der Waals surface area contributed by atoms with Gasteiger partial charge in [-0.2, -0.15) is 18.3 Å². The van der Waals surface area contributed by atoms with Crippen LogP contribution in [0.25, 0.3) is 0 Å². The Morgan fingerprint density at radius 3 is 2.26 bits per heavy atom. The van der Waals surface area contributed by atoms with Gasteiger partial charge in [-0.25, -0.2) is 13.8 Å². The van der Waals surface area contributed by atoms with Crippen molar-refractivity contribution in [2.45, 2.75) is 24.4 Å².